The van der Waals surface area contributed by atoms with E-state index in [-0.39, 0.29) is 6.04 Å². The Labute approximate surface area is 134 Å². The molecular formula is C16H23F2NO2S. The smallest absolute Gasteiger partial charge is 0.288 e. The summed E-state index contributed by atoms with van der Waals surface area (Å²) < 4.78 is 29.8. The number of aliphatic hydroxyl groups excluding tert-OH is 1. The number of ether oxygens (including phenoxy) is 1. The standard InChI is InChI=1S/C16H23F2NO2S/c1-21-10-12(20)7-8-19-15-4-2-3-11-9-13(22-16(17)18)5-6-14(11)15/h5-6,9,12,15-16,19-20H,2-4,7-8,10H2,1H3. The molecule has 2 N–H and O–H groups in total. The molecule has 2 atom stereocenters. The van der Waals surface area contributed by atoms with Crippen molar-refractivity contribution < 1.29 is 18.6 Å². The summed E-state index contributed by atoms with van der Waals surface area (Å²) in [5.74, 6) is -2.38. The van der Waals surface area contributed by atoms with Gasteiger partial charge in [0.25, 0.3) is 5.76 Å². The zero-order chi connectivity index (χ0) is 15.9. The minimum atomic E-state index is -2.38. The molecule has 1 aliphatic rings. The van der Waals surface area contributed by atoms with Gasteiger partial charge in [-0.3, -0.25) is 0 Å². The number of aryl methyl sites for hydroxylation is 1. The number of thioether (sulfide) groups is 1. The molecule has 124 valence electrons. The fourth-order valence-electron chi connectivity index (χ4n) is 2.88. The van der Waals surface area contributed by atoms with Crippen molar-refractivity contribution in [1.29, 1.82) is 0 Å². The normalized spacial score (nSPS) is 19.2. The van der Waals surface area contributed by atoms with Crippen LogP contribution >= 0.6 is 11.8 Å². The summed E-state index contributed by atoms with van der Waals surface area (Å²) in [6.07, 6.45) is 3.21. The van der Waals surface area contributed by atoms with Crippen molar-refractivity contribution in [3.05, 3.63) is 29.3 Å². The van der Waals surface area contributed by atoms with Crippen molar-refractivity contribution in [2.24, 2.45) is 0 Å². The fraction of sp³-hybridized carbons (Fsp3) is 0.625. The molecule has 0 fully saturated rings. The summed E-state index contributed by atoms with van der Waals surface area (Å²) in [6.45, 7) is 1.05. The van der Waals surface area contributed by atoms with Gasteiger partial charge in [0.15, 0.2) is 0 Å². The maximum Gasteiger partial charge on any atom is 0.288 e. The van der Waals surface area contributed by atoms with Gasteiger partial charge in [0.1, 0.15) is 0 Å². The van der Waals surface area contributed by atoms with Crippen molar-refractivity contribution >= 4 is 11.8 Å². The van der Waals surface area contributed by atoms with Crippen molar-refractivity contribution in [3.63, 3.8) is 0 Å². The number of hydrogen-bond acceptors (Lipinski definition) is 4. The predicted molar refractivity (Wildman–Crippen MR) is 84.5 cm³/mol. The van der Waals surface area contributed by atoms with Crippen LogP contribution < -0.4 is 5.32 Å². The summed E-state index contributed by atoms with van der Waals surface area (Å²) in [5.41, 5.74) is 2.36. The lowest BCUT2D eigenvalue weighted by molar-refractivity contribution is 0.0588. The van der Waals surface area contributed by atoms with E-state index in [1.165, 1.54) is 5.56 Å². The van der Waals surface area contributed by atoms with Crippen molar-refractivity contribution in [1.82, 2.24) is 5.32 Å². The third-order valence-corrected chi connectivity index (χ3v) is 4.59. The lowest BCUT2D eigenvalue weighted by atomic mass is 9.87. The molecule has 1 aliphatic carbocycles. The van der Waals surface area contributed by atoms with E-state index < -0.39 is 11.9 Å². The van der Waals surface area contributed by atoms with Gasteiger partial charge in [-0.15, -0.1) is 0 Å². The van der Waals surface area contributed by atoms with E-state index in [1.807, 2.05) is 12.1 Å². The molecular weight excluding hydrogens is 308 g/mol. The van der Waals surface area contributed by atoms with E-state index in [1.54, 1.807) is 13.2 Å². The quantitative estimate of drug-likeness (QED) is 0.717. The molecule has 0 saturated heterocycles. The first kappa shape index (κ1) is 17.7. The minimum absolute atomic E-state index is 0.240. The van der Waals surface area contributed by atoms with Gasteiger partial charge in [0.2, 0.25) is 0 Å². The Morgan fingerprint density at radius 3 is 3.00 bits per heavy atom. The molecule has 3 nitrogen and oxygen atoms in total. The zero-order valence-corrected chi connectivity index (χ0v) is 13.5. The number of fused-ring (bicyclic) bond motifs is 1. The lowest BCUT2D eigenvalue weighted by Gasteiger charge is -2.27. The minimum Gasteiger partial charge on any atom is -0.391 e. The maximum absolute atomic E-state index is 12.5. The number of benzene rings is 1. The Kier molecular flexibility index (Phi) is 7.08. The molecule has 0 radical (unpaired) electrons. The average Bonchev–Trinajstić information content (AvgIpc) is 2.47. The Morgan fingerprint density at radius 2 is 2.27 bits per heavy atom. The third kappa shape index (κ3) is 5.19. The van der Waals surface area contributed by atoms with Crippen LogP contribution in [0.25, 0.3) is 0 Å². The molecule has 1 aromatic carbocycles. The number of methoxy groups -OCH3 is 1. The number of halogens is 2. The van der Waals surface area contributed by atoms with Gasteiger partial charge >= 0.3 is 0 Å². The highest BCUT2D eigenvalue weighted by atomic mass is 32.2. The number of aliphatic hydroxyl groups is 1. The Bertz CT molecular complexity index is 473. The number of rotatable bonds is 8. The topological polar surface area (TPSA) is 41.5 Å². The second-order valence-corrected chi connectivity index (χ2v) is 6.60. The monoisotopic (exact) mass is 331 g/mol. The van der Waals surface area contributed by atoms with Crippen LogP contribution in [-0.2, 0) is 11.2 Å². The van der Waals surface area contributed by atoms with E-state index in [4.69, 9.17) is 4.74 Å². The van der Waals surface area contributed by atoms with Crippen molar-refractivity contribution in [2.75, 3.05) is 20.3 Å². The molecule has 0 spiro atoms. The highest BCUT2D eigenvalue weighted by Gasteiger charge is 2.20. The lowest BCUT2D eigenvalue weighted by Crippen LogP contribution is -2.29. The van der Waals surface area contributed by atoms with Crippen LogP contribution in [0.1, 0.15) is 36.4 Å². The summed E-state index contributed by atoms with van der Waals surface area (Å²) in [4.78, 5) is 0.630. The van der Waals surface area contributed by atoms with Gasteiger partial charge in [-0.25, -0.2) is 0 Å². The van der Waals surface area contributed by atoms with Gasteiger partial charge in [0.05, 0.1) is 12.7 Å². The van der Waals surface area contributed by atoms with Gasteiger partial charge in [-0.2, -0.15) is 8.78 Å². The number of hydrogen-bond donors (Lipinski definition) is 2. The molecule has 0 bridgehead atoms. The van der Waals surface area contributed by atoms with Crippen LogP contribution in [0.4, 0.5) is 8.78 Å². The molecule has 1 aromatic rings. The molecule has 22 heavy (non-hydrogen) atoms. The molecule has 2 rings (SSSR count). The summed E-state index contributed by atoms with van der Waals surface area (Å²) >= 11 is 0.599. The predicted octanol–water partition coefficient (Wildman–Crippen LogP) is 3.37. The van der Waals surface area contributed by atoms with E-state index in [9.17, 15) is 13.9 Å². The second-order valence-electron chi connectivity index (χ2n) is 5.54. The maximum atomic E-state index is 12.5. The molecule has 0 heterocycles. The van der Waals surface area contributed by atoms with E-state index in [2.05, 4.69) is 5.32 Å². The average molecular weight is 331 g/mol. The Morgan fingerprint density at radius 1 is 1.45 bits per heavy atom. The SMILES string of the molecule is COCC(O)CCNC1CCCc2cc(SC(F)F)ccc21. The summed E-state index contributed by atoms with van der Waals surface area (Å²) in [6, 6.07) is 5.86. The first-order valence-corrected chi connectivity index (χ1v) is 8.46. The van der Waals surface area contributed by atoms with Gasteiger partial charge in [-0.1, -0.05) is 17.8 Å². The second kappa shape index (κ2) is 8.82. The zero-order valence-electron chi connectivity index (χ0n) is 12.7. The largest absolute Gasteiger partial charge is 0.391 e. The molecule has 0 amide bonds. The van der Waals surface area contributed by atoms with Crippen LogP contribution in [0, 0.1) is 0 Å². The van der Waals surface area contributed by atoms with Gasteiger partial charge in [0, 0.05) is 18.0 Å². The Balaban J connectivity index is 1.93. The van der Waals surface area contributed by atoms with E-state index >= 15 is 0 Å². The van der Waals surface area contributed by atoms with Crippen molar-refractivity contribution in [2.45, 2.75) is 48.5 Å². The van der Waals surface area contributed by atoms with Crippen LogP contribution in [0.15, 0.2) is 23.1 Å². The van der Waals surface area contributed by atoms with Crippen LogP contribution in [0.5, 0.6) is 0 Å². The highest BCUT2D eigenvalue weighted by molar-refractivity contribution is 7.99. The van der Waals surface area contributed by atoms with Gasteiger partial charge < -0.3 is 15.2 Å². The summed E-state index contributed by atoms with van der Waals surface area (Å²) in [5, 5.41) is 13.1. The van der Waals surface area contributed by atoms with E-state index in [0.717, 1.165) is 24.8 Å². The fourth-order valence-corrected chi connectivity index (χ4v) is 3.44. The first-order chi connectivity index (χ1) is 10.6. The number of alkyl halides is 2. The van der Waals surface area contributed by atoms with Crippen LogP contribution in [-0.4, -0.2) is 37.2 Å². The van der Waals surface area contributed by atoms with Crippen molar-refractivity contribution in [3.8, 4) is 0 Å². The molecule has 0 aromatic heterocycles. The number of nitrogens with one attached hydrogen (secondary N) is 1. The van der Waals surface area contributed by atoms with Crippen LogP contribution in [0.3, 0.4) is 0 Å². The first-order valence-electron chi connectivity index (χ1n) is 7.58. The third-order valence-electron chi connectivity index (χ3n) is 3.88. The summed E-state index contributed by atoms with van der Waals surface area (Å²) in [7, 11) is 1.57. The van der Waals surface area contributed by atoms with Crippen LogP contribution in [0.2, 0.25) is 0 Å². The molecule has 0 saturated carbocycles. The van der Waals surface area contributed by atoms with Gasteiger partial charge in [-0.05, 0) is 55.5 Å². The molecule has 6 heteroatoms. The Hall–Kier alpha value is -0.690. The molecule has 2 unspecified atom stereocenters. The molecule has 0 aliphatic heterocycles. The highest BCUT2D eigenvalue weighted by Crippen LogP contribution is 2.34. The van der Waals surface area contributed by atoms with E-state index in [0.29, 0.717) is 36.2 Å².